The van der Waals surface area contributed by atoms with Gasteiger partial charge in [0.2, 0.25) is 0 Å². The molecule has 0 radical (unpaired) electrons. The zero-order valence-electron chi connectivity index (χ0n) is 10.8. The van der Waals surface area contributed by atoms with Gasteiger partial charge in [-0.2, -0.15) is 0 Å². The highest BCUT2D eigenvalue weighted by Crippen LogP contribution is 2.24. The molecule has 2 heteroatoms. The average molecular weight is 296 g/mol. The molecule has 0 heterocycles. The molecule has 0 aromatic heterocycles. The molecular weight excluding hydrogens is 274 g/mol. The van der Waals surface area contributed by atoms with Crippen LogP contribution in [0.4, 0.5) is 0 Å². The van der Waals surface area contributed by atoms with Crippen LogP contribution in [0.1, 0.15) is 43.7 Å². The van der Waals surface area contributed by atoms with Crippen molar-refractivity contribution in [3.8, 4) is 0 Å². The Morgan fingerprint density at radius 1 is 1.35 bits per heavy atom. The smallest absolute Gasteiger partial charge is 0.0222 e. The number of hydrogen-bond donors (Lipinski definition) is 1. The van der Waals surface area contributed by atoms with Crippen LogP contribution in [-0.4, -0.2) is 6.04 Å². The van der Waals surface area contributed by atoms with Crippen LogP contribution in [0.3, 0.4) is 0 Å². The van der Waals surface area contributed by atoms with Gasteiger partial charge in [0.25, 0.3) is 0 Å². The van der Waals surface area contributed by atoms with Gasteiger partial charge >= 0.3 is 0 Å². The van der Waals surface area contributed by atoms with Gasteiger partial charge in [-0.15, -0.1) is 0 Å². The third-order valence-corrected chi connectivity index (χ3v) is 4.46. The largest absolute Gasteiger partial charge is 0.310 e. The monoisotopic (exact) mass is 295 g/mol. The van der Waals surface area contributed by atoms with Gasteiger partial charge in [-0.05, 0) is 42.9 Å². The second-order valence-corrected chi connectivity index (χ2v) is 6.30. The first-order valence-corrected chi connectivity index (χ1v) is 7.43. The number of hydrogen-bond acceptors (Lipinski definition) is 1. The number of rotatable bonds is 3. The van der Waals surface area contributed by atoms with Crippen molar-refractivity contribution in [2.24, 2.45) is 5.92 Å². The molecule has 0 aliphatic heterocycles. The molecule has 1 N–H and O–H groups in total. The summed E-state index contributed by atoms with van der Waals surface area (Å²) >= 11 is 3.64. The van der Waals surface area contributed by atoms with Gasteiger partial charge in [0, 0.05) is 17.1 Å². The topological polar surface area (TPSA) is 12.0 Å². The van der Waals surface area contributed by atoms with Gasteiger partial charge in [-0.25, -0.2) is 0 Å². The quantitative estimate of drug-likeness (QED) is 0.870. The minimum atomic E-state index is 0.715. The summed E-state index contributed by atoms with van der Waals surface area (Å²) < 4.78 is 1.23. The van der Waals surface area contributed by atoms with Gasteiger partial charge in [-0.1, -0.05) is 47.8 Å². The molecule has 1 aliphatic rings. The van der Waals surface area contributed by atoms with Crippen LogP contribution in [-0.2, 0) is 6.54 Å². The number of nitrogens with one attached hydrogen (secondary N) is 1. The molecule has 0 spiro atoms. The predicted octanol–water partition coefficient (Wildman–Crippen LogP) is 4.43. The van der Waals surface area contributed by atoms with Crippen molar-refractivity contribution >= 4 is 15.9 Å². The van der Waals surface area contributed by atoms with E-state index in [0.29, 0.717) is 6.04 Å². The normalized spacial score (nSPS) is 24.9. The highest BCUT2D eigenvalue weighted by Gasteiger charge is 2.18. The van der Waals surface area contributed by atoms with Crippen molar-refractivity contribution in [3.63, 3.8) is 0 Å². The van der Waals surface area contributed by atoms with Crippen LogP contribution >= 0.6 is 15.9 Å². The second-order valence-electron chi connectivity index (χ2n) is 5.44. The summed E-state index contributed by atoms with van der Waals surface area (Å²) in [6.45, 7) is 5.48. The second kappa shape index (κ2) is 6.01. The third kappa shape index (κ3) is 3.82. The molecule has 0 bridgehead atoms. The summed E-state index contributed by atoms with van der Waals surface area (Å²) in [5.74, 6) is 0.891. The minimum Gasteiger partial charge on any atom is -0.310 e. The van der Waals surface area contributed by atoms with Crippen molar-refractivity contribution < 1.29 is 0 Å². The standard InChI is InChI=1S/C15H22BrN/c1-11-4-3-5-14(8-11)17-10-13-7-6-12(2)9-15(13)16/h6-7,9,11,14,17H,3-5,8,10H2,1-2H3. The van der Waals surface area contributed by atoms with E-state index in [1.807, 2.05) is 0 Å². The summed E-state index contributed by atoms with van der Waals surface area (Å²) in [4.78, 5) is 0. The molecule has 2 unspecified atom stereocenters. The Bertz CT molecular complexity index is 375. The fourth-order valence-electron chi connectivity index (χ4n) is 2.67. The maximum Gasteiger partial charge on any atom is 0.0222 e. The molecule has 1 saturated carbocycles. The van der Waals surface area contributed by atoms with E-state index < -0.39 is 0 Å². The van der Waals surface area contributed by atoms with E-state index in [0.717, 1.165) is 12.5 Å². The van der Waals surface area contributed by atoms with E-state index in [9.17, 15) is 0 Å². The van der Waals surface area contributed by atoms with Crippen LogP contribution in [0.5, 0.6) is 0 Å². The molecule has 2 rings (SSSR count). The average Bonchev–Trinajstić information content (AvgIpc) is 2.28. The summed E-state index contributed by atoms with van der Waals surface area (Å²) in [5.41, 5.74) is 2.68. The number of halogens is 1. The molecule has 1 aromatic rings. The lowest BCUT2D eigenvalue weighted by Gasteiger charge is -2.27. The van der Waals surface area contributed by atoms with E-state index in [1.165, 1.54) is 41.3 Å². The van der Waals surface area contributed by atoms with Gasteiger partial charge in [0.05, 0.1) is 0 Å². The van der Waals surface area contributed by atoms with Gasteiger partial charge in [0.15, 0.2) is 0 Å². The van der Waals surface area contributed by atoms with E-state index in [2.05, 4.69) is 53.3 Å². The summed E-state index contributed by atoms with van der Waals surface area (Å²) in [5, 5.41) is 3.70. The van der Waals surface area contributed by atoms with Crippen molar-refractivity contribution in [1.29, 1.82) is 0 Å². The molecule has 1 nitrogen and oxygen atoms in total. The Morgan fingerprint density at radius 3 is 2.88 bits per heavy atom. The van der Waals surface area contributed by atoms with Crippen molar-refractivity contribution in [2.75, 3.05) is 0 Å². The fraction of sp³-hybridized carbons (Fsp3) is 0.600. The molecule has 1 aliphatic carbocycles. The van der Waals surface area contributed by atoms with Crippen molar-refractivity contribution in [3.05, 3.63) is 33.8 Å². The van der Waals surface area contributed by atoms with Gasteiger partial charge in [0.1, 0.15) is 0 Å². The Morgan fingerprint density at radius 2 is 2.18 bits per heavy atom. The van der Waals surface area contributed by atoms with Crippen LogP contribution in [0, 0.1) is 12.8 Å². The van der Waals surface area contributed by atoms with Crippen molar-refractivity contribution in [1.82, 2.24) is 5.32 Å². The molecular formula is C15H22BrN. The molecule has 2 atom stereocenters. The number of aryl methyl sites for hydroxylation is 1. The first-order chi connectivity index (χ1) is 8.15. The highest BCUT2D eigenvalue weighted by atomic mass is 79.9. The Kier molecular flexibility index (Phi) is 4.63. The minimum absolute atomic E-state index is 0.715. The first-order valence-electron chi connectivity index (χ1n) is 6.63. The first kappa shape index (κ1) is 13.1. The maximum absolute atomic E-state index is 3.70. The van der Waals surface area contributed by atoms with Crippen LogP contribution in [0.15, 0.2) is 22.7 Å². The molecule has 1 aromatic carbocycles. The van der Waals surface area contributed by atoms with E-state index in [1.54, 1.807) is 0 Å². The fourth-order valence-corrected chi connectivity index (χ4v) is 3.30. The zero-order valence-corrected chi connectivity index (χ0v) is 12.4. The van der Waals surface area contributed by atoms with Crippen LogP contribution in [0.25, 0.3) is 0 Å². The lowest BCUT2D eigenvalue weighted by Crippen LogP contribution is -2.33. The van der Waals surface area contributed by atoms with Gasteiger partial charge in [-0.3, -0.25) is 0 Å². The third-order valence-electron chi connectivity index (χ3n) is 3.73. The summed E-state index contributed by atoms with van der Waals surface area (Å²) in [7, 11) is 0. The van der Waals surface area contributed by atoms with Crippen LogP contribution in [0.2, 0.25) is 0 Å². The van der Waals surface area contributed by atoms with E-state index in [4.69, 9.17) is 0 Å². The molecule has 0 amide bonds. The lowest BCUT2D eigenvalue weighted by atomic mass is 9.87. The Labute approximate surface area is 113 Å². The van der Waals surface area contributed by atoms with Crippen molar-refractivity contribution in [2.45, 2.75) is 52.1 Å². The van der Waals surface area contributed by atoms with Gasteiger partial charge < -0.3 is 5.32 Å². The molecule has 1 fully saturated rings. The zero-order chi connectivity index (χ0) is 12.3. The summed E-state index contributed by atoms with van der Waals surface area (Å²) in [6, 6.07) is 7.32. The lowest BCUT2D eigenvalue weighted by molar-refractivity contribution is 0.300. The van der Waals surface area contributed by atoms with E-state index >= 15 is 0 Å². The Balaban J connectivity index is 1.88. The van der Waals surface area contributed by atoms with Crippen LogP contribution < -0.4 is 5.32 Å². The van der Waals surface area contributed by atoms with E-state index in [-0.39, 0.29) is 0 Å². The SMILES string of the molecule is Cc1ccc(CNC2CCCC(C)C2)c(Br)c1. The molecule has 94 valence electrons. The maximum atomic E-state index is 3.70. The summed E-state index contributed by atoms with van der Waals surface area (Å²) in [6.07, 6.45) is 5.47. The Hall–Kier alpha value is -0.340. The molecule has 17 heavy (non-hydrogen) atoms. The predicted molar refractivity (Wildman–Crippen MR) is 77.1 cm³/mol. The number of benzene rings is 1. The molecule has 0 saturated heterocycles. The highest BCUT2D eigenvalue weighted by molar-refractivity contribution is 9.10.